The molecule has 3 aliphatic heterocycles. The molecule has 0 aromatic heterocycles. The average Bonchev–Trinajstić information content (AvgIpc) is 0.841. The SMILES string of the molecule is C[C@H](O)CC(=O)O[C@@H](C)CC(=O)OCc1ccccc1.C[C@H](O)CC(=O)O[C@@H](C)CC(=O)OCc1ccccc1.C[C@H]1CC(=O)O[C@@H](C)CC(=O)O1.C[C@H]1CC(=O)O[C@@H](C)CC(=O)O1.C[C@H]1CC(O)(OCc2ccccc2)O[C@@H](C)CC(=O)O1.C[SiH](C)[N-][SiH](C)C.OCc1ccccc1.OCc1ccccc1.OCc1ccccc1.[CH3-].[CH3-].[CH3-].[CH3-].[CH3-].[CH3-].[Y].[Y].[Y].[Y].[Y].[Y]. The molecule has 6 radical (unpaired) electrons. The first-order valence-corrected chi connectivity index (χ1v) is 44.0. The van der Waals surface area contributed by atoms with Crippen LogP contribution in [0, 0.1) is 44.6 Å². The molecule has 3 fully saturated rings. The first-order chi connectivity index (χ1) is 54.5. The van der Waals surface area contributed by atoms with Gasteiger partial charge in [-0.15, -0.1) is 0 Å². The topological polar surface area (TPSA) is 391 Å². The summed E-state index contributed by atoms with van der Waals surface area (Å²) in [4.78, 5) is 101. The summed E-state index contributed by atoms with van der Waals surface area (Å²) in [5, 5.41) is 54.1. The Hall–Kier alpha value is -2.75. The molecular formula is C92H140NO26Si2Y6-7. The Morgan fingerprint density at radius 2 is 0.583 bits per heavy atom. The van der Waals surface area contributed by atoms with Gasteiger partial charge in [0, 0.05) is 196 Å². The molecule has 3 aliphatic rings. The molecule has 3 saturated heterocycles. The van der Waals surface area contributed by atoms with Gasteiger partial charge < -0.3 is 132 Å². The molecular weight excluding hydrogens is 2120 g/mol. The summed E-state index contributed by atoms with van der Waals surface area (Å²) < 4.78 is 60.4. The van der Waals surface area contributed by atoms with Crippen LogP contribution in [-0.2, 0) is 331 Å². The van der Waals surface area contributed by atoms with Crippen LogP contribution in [0.3, 0.4) is 0 Å². The molecule has 6 aromatic carbocycles. The van der Waals surface area contributed by atoms with Crippen molar-refractivity contribution in [3.05, 3.63) is 265 Å². The summed E-state index contributed by atoms with van der Waals surface area (Å²) in [6.45, 7) is 26.5. The van der Waals surface area contributed by atoms with Crippen LogP contribution in [-0.4, -0.2) is 169 Å². The van der Waals surface area contributed by atoms with Gasteiger partial charge in [-0.1, -0.05) is 226 Å². The number of aliphatic hydroxyl groups excluding tert-OH is 5. The molecule has 9 rings (SSSR count). The maximum atomic E-state index is 11.6. The Morgan fingerprint density at radius 1 is 0.362 bits per heavy atom. The van der Waals surface area contributed by atoms with Gasteiger partial charge in [0.05, 0.1) is 109 Å². The van der Waals surface area contributed by atoms with Gasteiger partial charge in [0.2, 0.25) is 0 Å². The summed E-state index contributed by atoms with van der Waals surface area (Å²) in [5.41, 5.74) is 5.63. The van der Waals surface area contributed by atoms with Crippen molar-refractivity contribution in [1.82, 2.24) is 0 Å². The Bertz CT molecular complexity index is 3340. The van der Waals surface area contributed by atoms with E-state index in [1.165, 1.54) is 13.8 Å². The van der Waals surface area contributed by atoms with Crippen molar-refractivity contribution in [3.63, 3.8) is 0 Å². The van der Waals surface area contributed by atoms with Crippen molar-refractivity contribution in [2.75, 3.05) is 0 Å². The molecule has 0 amide bonds. The van der Waals surface area contributed by atoms with Crippen LogP contribution in [0.5, 0.6) is 0 Å². The van der Waals surface area contributed by atoms with Crippen LogP contribution in [0.2, 0.25) is 26.2 Å². The number of benzene rings is 6. The van der Waals surface area contributed by atoms with E-state index in [9.17, 15) is 48.3 Å². The number of rotatable bonds is 22. The fraction of sp³-hybridized carbons (Fsp3) is 0.446. The van der Waals surface area contributed by atoms with Gasteiger partial charge >= 0.3 is 53.7 Å². The minimum absolute atomic E-state index is 0. The molecule has 35 heteroatoms. The van der Waals surface area contributed by atoms with E-state index in [0.717, 1.165) is 33.4 Å². The Balaban J connectivity index is -0.000000119. The molecule has 0 bridgehead atoms. The Labute approximate surface area is 913 Å². The molecule has 0 aliphatic carbocycles. The molecule has 27 nitrogen and oxygen atoms in total. The molecule has 6 aromatic rings. The van der Waals surface area contributed by atoms with Crippen molar-refractivity contribution in [2.24, 2.45) is 0 Å². The van der Waals surface area contributed by atoms with Gasteiger partial charge in [-0.25, -0.2) is 0 Å². The zero-order valence-electron chi connectivity index (χ0n) is 78.3. The third kappa shape index (κ3) is 85.9. The van der Waals surface area contributed by atoms with E-state index in [2.05, 4.69) is 30.8 Å². The second kappa shape index (κ2) is 91.0. The monoisotopic (exact) mass is 2260 g/mol. The van der Waals surface area contributed by atoms with E-state index in [-0.39, 0.29) is 399 Å². The largest absolute Gasteiger partial charge is 0.672 e. The minimum Gasteiger partial charge on any atom is -0.672 e. The summed E-state index contributed by atoms with van der Waals surface area (Å²) in [6.07, 6.45) is -4.40. The predicted octanol–water partition coefficient (Wildman–Crippen LogP) is 14.5. The first-order valence-electron chi connectivity index (χ1n) is 38.3. The number of esters is 9. The van der Waals surface area contributed by atoms with Crippen molar-refractivity contribution in [1.29, 1.82) is 0 Å². The van der Waals surface area contributed by atoms with E-state index >= 15 is 0 Å². The molecule has 6 N–H and O–H groups in total. The third-order valence-electron chi connectivity index (χ3n) is 14.8. The minimum atomic E-state index is -1.74. The first kappa shape index (κ1) is 150. The Kier molecular flexibility index (Phi) is 107. The maximum Gasteiger partial charge on any atom is 0.309 e. The van der Waals surface area contributed by atoms with E-state index in [4.69, 9.17) is 77.6 Å². The number of cyclic esters (lactones) is 5. The zero-order valence-corrected chi connectivity index (χ0v) is 97.7. The van der Waals surface area contributed by atoms with E-state index < -0.39 is 84.4 Å². The predicted molar refractivity (Wildman–Crippen MR) is 474 cm³/mol. The fourth-order valence-corrected chi connectivity index (χ4v) is 14.7. The van der Waals surface area contributed by atoms with Crippen molar-refractivity contribution in [2.45, 2.75) is 266 Å². The number of hydrogen-bond donors (Lipinski definition) is 6. The summed E-state index contributed by atoms with van der Waals surface area (Å²) in [5.74, 6) is -5.18. The molecule has 3 heterocycles. The number of aliphatic hydroxyl groups is 6. The van der Waals surface area contributed by atoms with Gasteiger partial charge in [-0.3, -0.25) is 43.2 Å². The van der Waals surface area contributed by atoms with Crippen LogP contribution in [0.4, 0.5) is 0 Å². The smallest absolute Gasteiger partial charge is 0.309 e. The molecule has 1 unspecified atom stereocenters. The van der Waals surface area contributed by atoms with Crippen LogP contribution in [0.25, 0.3) is 4.65 Å². The number of nitrogens with zero attached hydrogens (tertiary/aromatic N) is 1. The molecule has 0 saturated carbocycles. The number of carbonyl (C=O) groups is 9. The number of ether oxygens (including phenoxy) is 11. The van der Waals surface area contributed by atoms with Crippen LogP contribution in [0.1, 0.15) is 167 Å². The zero-order chi connectivity index (χ0) is 86.1. The van der Waals surface area contributed by atoms with Gasteiger partial charge in [-0.05, 0) is 103 Å². The molecule has 0 spiro atoms. The third-order valence-corrected chi connectivity index (χ3v) is 19.6. The molecule has 702 valence electrons. The van der Waals surface area contributed by atoms with Crippen LogP contribution in [0.15, 0.2) is 182 Å². The second-order valence-corrected chi connectivity index (χ2v) is 33.4. The van der Waals surface area contributed by atoms with E-state index in [1.54, 1.807) is 55.4 Å². The normalized spacial score (nSPS) is 17.4. The van der Waals surface area contributed by atoms with Crippen molar-refractivity contribution < 1.29 is 322 Å². The van der Waals surface area contributed by atoms with Gasteiger partial charge in [0.1, 0.15) is 55.9 Å². The maximum absolute atomic E-state index is 11.6. The summed E-state index contributed by atoms with van der Waals surface area (Å²) in [7, 11) is -1.08. The number of carbonyl (C=O) groups excluding carboxylic acids is 9. The average molecular weight is 2270 g/mol. The molecule has 11 atom stereocenters. The van der Waals surface area contributed by atoms with E-state index in [1.807, 2.05) is 182 Å². The fourth-order valence-electron chi connectivity index (χ4n) is 9.90. The van der Waals surface area contributed by atoms with Crippen molar-refractivity contribution >= 4 is 71.6 Å². The van der Waals surface area contributed by atoms with Gasteiger partial charge in [-0.2, -0.15) is 0 Å². The van der Waals surface area contributed by atoms with E-state index in [0.29, 0.717) is 0 Å². The van der Waals surface area contributed by atoms with Crippen LogP contribution < -0.4 is 0 Å². The van der Waals surface area contributed by atoms with Crippen molar-refractivity contribution in [3.8, 4) is 0 Å². The second-order valence-electron chi connectivity index (χ2n) is 27.8. The standard InChI is InChI=1S/3C15H20O5.2C8H12O4.3C7H8O.C4H14NSi2.6CH3.6Y/c1-11-8-14(16)19-12(2)9-15(17,20-11)18-10-13-6-4-3-5-7-13;2*1-11(16)8-15(18)20-12(2)9-14(17)19-10-13-6-4-3-5-7-13;2*1-5-3-7(9)12-6(2)4-8(10)11-5;3*8-6-7-4-2-1-3-5-7;1-6(2)5-7(3)4;;;;;;;;;;;;/h3-7,11-12,17H,8-10H2,1-2H3;2*3-7,11-12,16H,8-10H2,1-2H3;2*5-6H,3-4H2,1-2H3;3*1-5,8H,6H2;6-7H,1-4H3;6*1H3;;;;;;/q;;;;;;;;7*-1;;;;;;/t11-,12-,15?;2*11-,12-;2*5-,6-;;;;;;;;;;;;;;;;/m00000................/s1. The molecule has 127 heavy (non-hydrogen) atoms. The van der Waals surface area contributed by atoms with Crippen LogP contribution >= 0.6 is 0 Å². The summed E-state index contributed by atoms with van der Waals surface area (Å²) >= 11 is 0. The Morgan fingerprint density at radius 3 is 0.795 bits per heavy atom. The number of hydrogen-bond acceptors (Lipinski definition) is 26. The van der Waals surface area contributed by atoms with Gasteiger partial charge in [0.25, 0.3) is 5.97 Å². The summed E-state index contributed by atoms with van der Waals surface area (Å²) in [6, 6.07) is 56.8. The van der Waals surface area contributed by atoms with Gasteiger partial charge in [0.15, 0.2) is 0 Å². The quantitative estimate of drug-likeness (QED) is 0.0121.